The van der Waals surface area contributed by atoms with Gasteiger partial charge in [0.15, 0.2) is 0 Å². The average molecular weight is 214 g/mol. The number of halogens is 3. The summed E-state index contributed by atoms with van der Waals surface area (Å²) in [6.07, 6.45) is 0.0709. The van der Waals surface area contributed by atoms with Crippen molar-refractivity contribution < 1.29 is 13.2 Å². The number of alkyl halides is 3. The highest BCUT2D eigenvalue weighted by atomic mass is 19.4. The third kappa shape index (κ3) is 1.79. The Labute approximate surface area is 83.6 Å². The van der Waals surface area contributed by atoms with Crippen LogP contribution in [0.25, 0.3) is 5.65 Å². The van der Waals surface area contributed by atoms with E-state index in [0.717, 1.165) is 12.4 Å². The molecule has 0 N–H and O–H groups in total. The van der Waals surface area contributed by atoms with Gasteiger partial charge in [-0.25, -0.2) is 9.97 Å². The van der Waals surface area contributed by atoms with Gasteiger partial charge in [-0.1, -0.05) is 6.92 Å². The van der Waals surface area contributed by atoms with E-state index in [-0.39, 0.29) is 5.65 Å². The summed E-state index contributed by atoms with van der Waals surface area (Å²) in [6.45, 7) is 1.86. The third-order valence-corrected chi connectivity index (χ3v) is 1.95. The molecular formula is C9H7F3N3. The standard InChI is InChI=1S/C9H7F3N3/c1-2-6-4-15-5-13-7(9(10,11)12)3-8(15)14-6/h3,5H,2H2,1H3. The highest BCUT2D eigenvalue weighted by Gasteiger charge is 2.32. The first-order chi connectivity index (χ1) is 7.00. The molecule has 2 aromatic rings. The van der Waals surface area contributed by atoms with Crippen molar-refractivity contribution in [2.75, 3.05) is 0 Å². The van der Waals surface area contributed by atoms with Gasteiger partial charge in [-0.05, 0) is 6.42 Å². The third-order valence-electron chi connectivity index (χ3n) is 1.95. The van der Waals surface area contributed by atoms with E-state index in [0.29, 0.717) is 12.1 Å². The Balaban J connectivity index is 2.55. The number of imidazole rings is 1. The molecule has 2 rings (SSSR count). The fourth-order valence-electron chi connectivity index (χ4n) is 1.20. The van der Waals surface area contributed by atoms with E-state index in [1.807, 2.05) is 6.92 Å². The van der Waals surface area contributed by atoms with Gasteiger partial charge in [-0.3, -0.25) is 4.40 Å². The van der Waals surface area contributed by atoms with Crippen molar-refractivity contribution in [1.82, 2.24) is 14.4 Å². The molecule has 0 amide bonds. The normalized spacial score (nSPS) is 12.3. The number of aryl methyl sites for hydroxylation is 1. The number of hydrogen-bond acceptors (Lipinski definition) is 2. The second-order valence-electron chi connectivity index (χ2n) is 3.02. The zero-order valence-electron chi connectivity index (χ0n) is 7.84. The molecule has 15 heavy (non-hydrogen) atoms. The number of aromatic nitrogens is 3. The maximum atomic E-state index is 12.3. The molecule has 6 heteroatoms. The summed E-state index contributed by atoms with van der Waals surface area (Å²) in [5.41, 5.74) is -0.0954. The van der Waals surface area contributed by atoms with Crippen molar-refractivity contribution in [2.45, 2.75) is 19.5 Å². The van der Waals surface area contributed by atoms with E-state index in [4.69, 9.17) is 0 Å². The summed E-state index contributed by atoms with van der Waals surface area (Å²) < 4.78 is 38.2. The highest BCUT2D eigenvalue weighted by molar-refractivity contribution is 5.40. The Bertz CT molecular complexity index is 487. The second-order valence-corrected chi connectivity index (χ2v) is 3.02. The minimum Gasteiger partial charge on any atom is -0.281 e. The van der Waals surface area contributed by atoms with Crippen LogP contribution in [0.5, 0.6) is 0 Å². The van der Waals surface area contributed by atoms with Crippen LogP contribution in [0, 0.1) is 6.20 Å². The Morgan fingerprint density at radius 1 is 1.47 bits per heavy atom. The summed E-state index contributed by atoms with van der Waals surface area (Å²) >= 11 is 0. The molecule has 1 radical (unpaired) electrons. The van der Waals surface area contributed by atoms with E-state index < -0.39 is 11.9 Å². The van der Waals surface area contributed by atoms with E-state index in [1.165, 1.54) is 4.40 Å². The van der Waals surface area contributed by atoms with Crippen LogP contribution in [0.3, 0.4) is 0 Å². The molecule has 0 fully saturated rings. The first-order valence-electron chi connectivity index (χ1n) is 4.34. The van der Waals surface area contributed by atoms with Crippen LogP contribution in [-0.2, 0) is 12.6 Å². The lowest BCUT2D eigenvalue weighted by molar-refractivity contribution is -0.141. The molecule has 0 saturated heterocycles. The zero-order valence-corrected chi connectivity index (χ0v) is 7.84. The predicted molar refractivity (Wildman–Crippen MR) is 46.2 cm³/mol. The van der Waals surface area contributed by atoms with Gasteiger partial charge in [0.05, 0.1) is 11.9 Å². The maximum Gasteiger partial charge on any atom is 0.433 e. The molecule has 0 bridgehead atoms. The van der Waals surface area contributed by atoms with Crippen LogP contribution >= 0.6 is 0 Å². The quantitative estimate of drug-likeness (QED) is 0.727. The van der Waals surface area contributed by atoms with Gasteiger partial charge in [0.1, 0.15) is 17.7 Å². The molecule has 79 valence electrons. The summed E-state index contributed by atoms with van der Waals surface area (Å²) in [7, 11) is 0. The number of rotatable bonds is 1. The van der Waals surface area contributed by atoms with Crippen LogP contribution in [0.15, 0.2) is 12.4 Å². The van der Waals surface area contributed by atoms with E-state index >= 15 is 0 Å². The Morgan fingerprint density at radius 2 is 2.20 bits per heavy atom. The molecule has 0 aliphatic rings. The Morgan fingerprint density at radius 3 is 2.80 bits per heavy atom. The van der Waals surface area contributed by atoms with Crippen molar-refractivity contribution in [1.29, 1.82) is 0 Å². The van der Waals surface area contributed by atoms with Crippen LogP contribution in [-0.4, -0.2) is 14.4 Å². The Hall–Kier alpha value is -1.59. The summed E-state index contributed by atoms with van der Waals surface area (Å²) in [5, 5.41) is 0. The van der Waals surface area contributed by atoms with E-state index in [2.05, 4.69) is 16.2 Å². The minimum atomic E-state index is -4.43. The summed E-state index contributed by atoms with van der Waals surface area (Å²) in [4.78, 5) is 7.27. The van der Waals surface area contributed by atoms with Gasteiger partial charge in [-0.2, -0.15) is 13.2 Å². The van der Waals surface area contributed by atoms with Crippen molar-refractivity contribution in [3.8, 4) is 0 Å². The molecule has 0 spiro atoms. The first-order valence-corrected chi connectivity index (χ1v) is 4.34. The molecule has 2 heterocycles. The summed E-state index contributed by atoms with van der Waals surface area (Å²) in [5.74, 6) is 0. The molecule has 0 aliphatic heterocycles. The average Bonchev–Trinajstić information content (AvgIpc) is 2.57. The molecule has 0 saturated carbocycles. The number of hydrogen-bond donors (Lipinski definition) is 0. The number of nitrogens with zero attached hydrogens (tertiary/aromatic N) is 3. The monoisotopic (exact) mass is 214 g/mol. The first kappa shape index (κ1) is 9.95. The van der Waals surface area contributed by atoms with Crippen LogP contribution < -0.4 is 0 Å². The molecule has 0 aliphatic carbocycles. The molecule has 0 unspecified atom stereocenters. The van der Waals surface area contributed by atoms with Crippen LogP contribution in [0.2, 0.25) is 0 Å². The molecule has 2 aromatic heterocycles. The van der Waals surface area contributed by atoms with Gasteiger partial charge in [0.25, 0.3) is 0 Å². The van der Waals surface area contributed by atoms with Crippen molar-refractivity contribution >= 4 is 5.65 Å². The molecule has 0 aromatic carbocycles. The van der Waals surface area contributed by atoms with Crippen molar-refractivity contribution in [3.05, 3.63) is 30.0 Å². The zero-order chi connectivity index (χ0) is 11.1. The SMILES string of the molecule is CCc1[c]n2cnc(C(F)(F)F)cc2n1. The lowest BCUT2D eigenvalue weighted by Crippen LogP contribution is -2.08. The van der Waals surface area contributed by atoms with Crippen molar-refractivity contribution in [3.63, 3.8) is 0 Å². The van der Waals surface area contributed by atoms with Gasteiger partial charge in [-0.15, -0.1) is 0 Å². The molecular weight excluding hydrogens is 207 g/mol. The van der Waals surface area contributed by atoms with Gasteiger partial charge >= 0.3 is 6.18 Å². The fraction of sp³-hybridized carbons (Fsp3) is 0.333. The van der Waals surface area contributed by atoms with Crippen LogP contribution in [0.4, 0.5) is 13.2 Å². The molecule has 3 nitrogen and oxygen atoms in total. The van der Waals surface area contributed by atoms with Gasteiger partial charge in [0, 0.05) is 6.07 Å². The van der Waals surface area contributed by atoms with Gasteiger partial charge in [0.2, 0.25) is 0 Å². The van der Waals surface area contributed by atoms with E-state index in [9.17, 15) is 13.2 Å². The topological polar surface area (TPSA) is 30.2 Å². The fourth-order valence-corrected chi connectivity index (χ4v) is 1.20. The highest BCUT2D eigenvalue weighted by Crippen LogP contribution is 2.27. The second kappa shape index (κ2) is 3.22. The smallest absolute Gasteiger partial charge is 0.281 e. The Kier molecular flexibility index (Phi) is 2.13. The predicted octanol–water partition coefficient (Wildman–Crippen LogP) is 2.11. The van der Waals surface area contributed by atoms with Crippen molar-refractivity contribution in [2.24, 2.45) is 0 Å². The summed E-state index contributed by atoms with van der Waals surface area (Å²) in [6, 6.07) is 0.912. The largest absolute Gasteiger partial charge is 0.433 e. The number of fused-ring (bicyclic) bond motifs is 1. The minimum absolute atomic E-state index is 0.217. The lowest BCUT2D eigenvalue weighted by Gasteiger charge is -2.04. The van der Waals surface area contributed by atoms with Crippen LogP contribution in [0.1, 0.15) is 18.3 Å². The maximum absolute atomic E-state index is 12.3. The molecule has 0 atom stereocenters. The van der Waals surface area contributed by atoms with E-state index in [1.54, 1.807) is 0 Å². The van der Waals surface area contributed by atoms with Gasteiger partial charge < -0.3 is 0 Å². The lowest BCUT2D eigenvalue weighted by atomic mass is 10.4.